The standard InChI is InChI=1S/C21H36N4O2.HI/c1-6-22-20(23-17-21(24(3)4)12-14-26-15-13-21)25(5)16-18-8-10-19(11-9-18)27-7-2;/h8-11H,6-7,12-17H2,1-5H3,(H,22,23);1H. The van der Waals surface area contributed by atoms with Crippen LogP contribution in [0.1, 0.15) is 32.3 Å². The second-order valence-electron chi connectivity index (χ2n) is 7.33. The van der Waals surface area contributed by atoms with Gasteiger partial charge < -0.3 is 24.6 Å². The number of nitrogens with zero attached hydrogens (tertiary/aromatic N) is 3. The summed E-state index contributed by atoms with van der Waals surface area (Å²) in [5.74, 6) is 1.86. The fraction of sp³-hybridized carbons (Fsp3) is 0.667. The Labute approximate surface area is 187 Å². The predicted octanol–water partition coefficient (Wildman–Crippen LogP) is 3.21. The van der Waals surface area contributed by atoms with Gasteiger partial charge in [-0.1, -0.05) is 12.1 Å². The maximum absolute atomic E-state index is 5.57. The van der Waals surface area contributed by atoms with Gasteiger partial charge >= 0.3 is 0 Å². The number of halogens is 1. The molecule has 1 aromatic carbocycles. The number of rotatable bonds is 8. The number of likely N-dealkylation sites (N-methyl/N-ethyl adjacent to an activating group) is 1. The van der Waals surface area contributed by atoms with E-state index < -0.39 is 0 Å². The van der Waals surface area contributed by atoms with Gasteiger partial charge in [-0.05, 0) is 58.5 Å². The highest BCUT2D eigenvalue weighted by Crippen LogP contribution is 2.26. The maximum Gasteiger partial charge on any atom is 0.194 e. The van der Waals surface area contributed by atoms with Crippen LogP contribution in [-0.4, -0.2) is 75.4 Å². The molecule has 1 aromatic rings. The second kappa shape index (κ2) is 12.5. The Kier molecular flexibility index (Phi) is 11.1. The number of nitrogens with one attached hydrogen (secondary N) is 1. The zero-order valence-electron chi connectivity index (χ0n) is 18.0. The minimum Gasteiger partial charge on any atom is -0.494 e. The first-order chi connectivity index (χ1) is 13.0. The van der Waals surface area contributed by atoms with E-state index in [2.05, 4.69) is 55.3 Å². The second-order valence-corrected chi connectivity index (χ2v) is 7.33. The molecule has 0 radical (unpaired) electrons. The Morgan fingerprint density at radius 1 is 1.14 bits per heavy atom. The van der Waals surface area contributed by atoms with E-state index in [0.29, 0.717) is 6.61 Å². The quantitative estimate of drug-likeness (QED) is 0.335. The Hall–Kier alpha value is -1.06. The van der Waals surface area contributed by atoms with Crippen molar-refractivity contribution in [3.63, 3.8) is 0 Å². The minimum atomic E-state index is 0. The lowest BCUT2D eigenvalue weighted by Gasteiger charge is -2.42. The van der Waals surface area contributed by atoms with Gasteiger partial charge in [-0.2, -0.15) is 0 Å². The smallest absolute Gasteiger partial charge is 0.194 e. The molecule has 1 aliphatic rings. The van der Waals surface area contributed by atoms with Crippen LogP contribution in [0.4, 0.5) is 0 Å². The average molecular weight is 504 g/mol. The average Bonchev–Trinajstić information content (AvgIpc) is 2.67. The first-order valence-electron chi connectivity index (χ1n) is 9.97. The van der Waals surface area contributed by atoms with Gasteiger partial charge in [-0.3, -0.25) is 4.99 Å². The Bertz CT molecular complexity index is 587. The molecule has 28 heavy (non-hydrogen) atoms. The van der Waals surface area contributed by atoms with Gasteiger partial charge in [0.2, 0.25) is 0 Å². The zero-order chi connectivity index (χ0) is 19.7. The normalized spacial score (nSPS) is 16.4. The molecule has 0 aliphatic carbocycles. The summed E-state index contributed by atoms with van der Waals surface area (Å²) in [4.78, 5) is 9.48. The molecular formula is C21H37IN4O2. The molecule has 2 rings (SSSR count). The summed E-state index contributed by atoms with van der Waals surface area (Å²) < 4.78 is 11.1. The molecule has 0 saturated carbocycles. The van der Waals surface area contributed by atoms with E-state index in [-0.39, 0.29) is 29.5 Å². The molecule has 6 nitrogen and oxygen atoms in total. The lowest BCUT2D eigenvalue weighted by Crippen LogP contribution is -2.51. The molecule has 1 N–H and O–H groups in total. The van der Waals surface area contributed by atoms with Crippen LogP contribution in [0.2, 0.25) is 0 Å². The third kappa shape index (κ3) is 7.08. The van der Waals surface area contributed by atoms with E-state index >= 15 is 0 Å². The van der Waals surface area contributed by atoms with E-state index in [1.54, 1.807) is 0 Å². The molecular weight excluding hydrogens is 467 g/mol. The summed E-state index contributed by atoms with van der Waals surface area (Å²) >= 11 is 0. The number of ether oxygens (including phenoxy) is 2. The van der Waals surface area contributed by atoms with Gasteiger partial charge in [0.15, 0.2) is 5.96 Å². The third-order valence-corrected chi connectivity index (χ3v) is 5.25. The summed E-state index contributed by atoms with van der Waals surface area (Å²) in [6, 6.07) is 8.29. The Morgan fingerprint density at radius 2 is 1.79 bits per heavy atom. The van der Waals surface area contributed by atoms with Crippen molar-refractivity contribution in [2.45, 2.75) is 38.8 Å². The van der Waals surface area contributed by atoms with E-state index in [1.165, 1.54) is 5.56 Å². The Morgan fingerprint density at radius 3 is 2.32 bits per heavy atom. The third-order valence-electron chi connectivity index (χ3n) is 5.25. The van der Waals surface area contributed by atoms with Gasteiger partial charge in [-0.15, -0.1) is 24.0 Å². The fourth-order valence-electron chi connectivity index (χ4n) is 3.40. The molecule has 0 aromatic heterocycles. The monoisotopic (exact) mass is 504 g/mol. The van der Waals surface area contributed by atoms with Gasteiger partial charge in [0.05, 0.1) is 13.2 Å². The molecule has 0 spiro atoms. The summed E-state index contributed by atoms with van der Waals surface area (Å²) in [7, 11) is 6.39. The lowest BCUT2D eigenvalue weighted by molar-refractivity contribution is -0.00263. The summed E-state index contributed by atoms with van der Waals surface area (Å²) in [5.41, 5.74) is 1.32. The van der Waals surface area contributed by atoms with Crippen molar-refractivity contribution in [1.82, 2.24) is 15.1 Å². The van der Waals surface area contributed by atoms with Gasteiger partial charge in [0.25, 0.3) is 0 Å². The van der Waals surface area contributed by atoms with Gasteiger partial charge in [0, 0.05) is 38.9 Å². The first-order valence-corrected chi connectivity index (χ1v) is 9.97. The minimum absolute atomic E-state index is 0. The first kappa shape index (κ1) is 25.0. The zero-order valence-corrected chi connectivity index (χ0v) is 20.4. The van der Waals surface area contributed by atoms with E-state index in [1.807, 2.05) is 19.1 Å². The fourth-order valence-corrected chi connectivity index (χ4v) is 3.40. The molecule has 0 amide bonds. The molecule has 7 heteroatoms. The Balaban J connectivity index is 0.00000392. The van der Waals surface area contributed by atoms with Crippen molar-refractivity contribution < 1.29 is 9.47 Å². The molecule has 0 unspecified atom stereocenters. The van der Waals surface area contributed by atoms with Crippen LogP contribution in [0, 0.1) is 0 Å². The number of benzene rings is 1. The van der Waals surface area contributed by atoms with Crippen LogP contribution in [0.25, 0.3) is 0 Å². The lowest BCUT2D eigenvalue weighted by atomic mass is 9.89. The molecule has 1 aliphatic heterocycles. The maximum atomic E-state index is 5.57. The van der Waals surface area contributed by atoms with Crippen molar-refractivity contribution in [2.75, 3.05) is 54.1 Å². The summed E-state index contributed by atoms with van der Waals surface area (Å²) in [6.07, 6.45) is 2.04. The van der Waals surface area contributed by atoms with Crippen LogP contribution in [-0.2, 0) is 11.3 Å². The van der Waals surface area contributed by atoms with Crippen LogP contribution in [0.15, 0.2) is 29.3 Å². The van der Waals surface area contributed by atoms with Crippen molar-refractivity contribution in [3.05, 3.63) is 29.8 Å². The summed E-state index contributed by atoms with van der Waals surface area (Å²) in [5, 5.41) is 3.43. The van der Waals surface area contributed by atoms with Crippen LogP contribution in [0.5, 0.6) is 5.75 Å². The van der Waals surface area contributed by atoms with Crippen molar-refractivity contribution in [2.24, 2.45) is 4.99 Å². The number of hydrogen-bond donors (Lipinski definition) is 1. The number of guanidine groups is 1. The molecule has 1 heterocycles. The van der Waals surface area contributed by atoms with Gasteiger partial charge in [0.1, 0.15) is 5.75 Å². The number of hydrogen-bond acceptors (Lipinski definition) is 4. The van der Waals surface area contributed by atoms with Crippen LogP contribution in [0.3, 0.4) is 0 Å². The van der Waals surface area contributed by atoms with Gasteiger partial charge in [-0.25, -0.2) is 0 Å². The molecule has 1 saturated heterocycles. The van der Waals surface area contributed by atoms with Crippen molar-refractivity contribution in [1.29, 1.82) is 0 Å². The van der Waals surface area contributed by atoms with Crippen molar-refractivity contribution in [3.8, 4) is 5.75 Å². The molecule has 0 bridgehead atoms. The highest BCUT2D eigenvalue weighted by molar-refractivity contribution is 14.0. The van der Waals surface area contributed by atoms with E-state index in [9.17, 15) is 0 Å². The number of aliphatic imine (C=N–C) groups is 1. The summed E-state index contributed by atoms with van der Waals surface area (Å²) in [6.45, 7) is 8.85. The van der Waals surface area contributed by atoms with E-state index in [0.717, 1.165) is 57.4 Å². The van der Waals surface area contributed by atoms with E-state index in [4.69, 9.17) is 14.5 Å². The molecule has 1 fully saturated rings. The van der Waals surface area contributed by atoms with Crippen LogP contribution < -0.4 is 10.1 Å². The largest absolute Gasteiger partial charge is 0.494 e. The molecule has 0 atom stereocenters. The predicted molar refractivity (Wildman–Crippen MR) is 127 cm³/mol. The molecule has 160 valence electrons. The highest BCUT2D eigenvalue weighted by Gasteiger charge is 2.34. The topological polar surface area (TPSA) is 49.3 Å². The SMILES string of the molecule is CCNC(=NCC1(N(C)C)CCOCC1)N(C)Cc1ccc(OCC)cc1.I. The van der Waals surface area contributed by atoms with Crippen molar-refractivity contribution >= 4 is 29.9 Å². The van der Waals surface area contributed by atoms with Crippen LogP contribution >= 0.6 is 24.0 Å². The highest BCUT2D eigenvalue weighted by atomic mass is 127.